The van der Waals surface area contributed by atoms with Crippen LogP contribution in [0.1, 0.15) is 25.0 Å². The van der Waals surface area contributed by atoms with Gasteiger partial charge in [-0.3, -0.25) is 4.79 Å². The van der Waals surface area contributed by atoms with Gasteiger partial charge in [0, 0.05) is 22.6 Å². The fourth-order valence-electron chi connectivity index (χ4n) is 2.35. The number of carbonyl (C=O) groups excluding carboxylic acids is 1. The molecule has 0 unspecified atom stereocenters. The zero-order valence-corrected chi connectivity index (χ0v) is 11.7. The number of nitrogens with one attached hydrogen (secondary N) is 2. The van der Waals surface area contributed by atoms with Gasteiger partial charge in [-0.15, -0.1) is 0 Å². The minimum absolute atomic E-state index is 0.138. The predicted octanol–water partition coefficient (Wildman–Crippen LogP) is 3.10. The van der Waals surface area contributed by atoms with E-state index in [9.17, 15) is 4.79 Å². The molecule has 1 aromatic heterocycles. The molecule has 0 aliphatic carbocycles. The molecule has 2 rings (SSSR count). The van der Waals surface area contributed by atoms with Crippen molar-refractivity contribution in [3.05, 3.63) is 48.2 Å². The van der Waals surface area contributed by atoms with Crippen molar-refractivity contribution >= 4 is 16.8 Å². The van der Waals surface area contributed by atoms with Gasteiger partial charge in [0.1, 0.15) is 0 Å². The Morgan fingerprint density at radius 3 is 2.89 bits per heavy atom. The number of aromatic amines is 1. The third kappa shape index (κ3) is 3.05. The number of amides is 1. The summed E-state index contributed by atoms with van der Waals surface area (Å²) < 4.78 is 0. The van der Waals surface area contributed by atoms with Gasteiger partial charge >= 0.3 is 0 Å². The maximum absolute atomic E-state index is 11.4. The smallest absolute Gasteiger partial charge is 0.243 e. The second kappa shape index (κ2) is 4.92. The first-order valence-electron chi connectivity index (χ1n) is 6.42. The van der Waals surface area contributed by atoms with E-state index in [1.54, 1.807) is 0 Å². The summed E-state index contributed by atoms with van der Waals surface area (Å²) in [5.41, 5.74) is 3.29. The van der Waals surface area contributed by atoms with Gasteiger partial charge in [0.15, 0.2) is 0 Å². The summed E-state index contributed by atoms with van der Waals surface area (Å²) in [5, 5.41) is 4.16. The maximum Gasteiger partial charge on any atom is 0.243 e. The van der Waals surface area contributed by atoms with Crippen LogP contribution in [0.15, 0.2) is 37.1 Å². The molecule has 19 heavy (non-hydrogen) atoms. The van der Waals surface area contributed by atoms with Crippen LogP contribution >= 0.6 is 0 Å². The number of hydrogen-bond acceptors (Lipinski definition) is 1. The maximum atomic E-state index is 11.4. The van der Waals surface area contributed by atoms with Gasteiger partial charge in [-0.05, 0) is 50.5 Å². The zero-order valence-electron chi connectivity index (χ0n) is 11.7. The highest BCUT2D eigenvalue weighted by Crippen LogP contribution is 2.23. The lowest BCUT2D eigenvalue weighted by molar-refractivity contribution is -0.117. The van der Waals surface area contributed by atoms with E-state index in [0.717, 1.165) is 11.9 Å². The summed E-state index contributed by atoms with van der Waals surface area (Å²) >= 11 is 0. The molecule has 0 saturated carbocycles. The fraction of sp³-hybridized carbons (Fsp3) is 0.312. The highest BCUT2D eigenvalue weighted by Gasteiger charge is 2.21. The zero-order chi connectivity index (χ0) is 14.0. The Kier molecular flexibility index (Phi) is 3.47. The van der Waals surface area contributed by atoms with E-state index < -0.39 is 0 Å². The molecule has 1 amide bonds. The summed E-state index contributed by atoms with van der Waals surface area (Å²) in [4.78, 5) is 14.7. The van der Waals surface area contributed by atoms with Crippen molar-refractivity contribution in [1.82, 2.24) is 10.3 Å². The number of fused-ring (bicyclic) bond motifs is 1. The summed E-state index contributed by atoms with van der Waals surface area (Å²) in [5.74, 6) is -0.138. The Balaban J connectivity index is 2.25. The quantitative estimate of drug-likeness (QED) is 0.811. The van der Waals surface area contributed by atoms with E-state index in [2.05, 4.69) is 42.0 Å². The highest BCUT2D eigenvalue weighted by molar-refractivity contribution is 5.88. The number of hydrogen-bond donors (Lipinski definition) is 2. The van der Waals surface area contributed by atoms with Crippen LogP contribution in [0.5, 0.6) is 0 Å². The Hall–Kier alpha value is -2.03. The lowest BCUT2D eigenvalue weighted by atomic mass is 9.94. The molecule has 3 nitrogen and oxygen atoms in total. The molecule has 0 saturated heterocycles. The number of carbonyl (C=O) groups is 1. The highest BCUT2D eigenvalue weighted by atomic mass is 16.1. The van der Waals surface area contributed by atoms with E-state index in [0.29, 0.717) is 0 Å². The summed E-state index contributed by atoms with van der Waals surface area (Å²) in [6.45, 7) is 9.59. The first kappa shape index (κ1) is 13.4. The lowest BCUT2D eigenvalue weighted by Crippen LogP contribution is -2.44. The average Bonchev–Trinajstić information content (AvgIpc) is 2.70. The molecule has 0 fully saturated rings. The molecule has 0 radical (unpaired) electrons. The van der Waals surface area contributed by atoms with Crippen LogP contribution in [0.25, 0.3) is 10.9 Å². The van der Waals surface area contributed by atoms with Gasteiger partial charge in [-0.1, -0.05) is 18.7 Å². The number of rotatable bonds is 4. The van der Waals surface area contributed by atoms with Crippen LogP contribution < -0.4 is 5.32 Å². The van der Waals surface area contributed by atoms with Gasteiger partial charge in [0.25, 0.3) is 0 Å². The minimum Gasteiger partial charge on any atom is -0.361 e. The van der Waals surface area contributed by atoms with Crippen molar-refractivity contribution in [2.75, 3.05) is 0 Å². The third-order valence-corrected chi connectivity index (χ3v) is 3.20. The van der Waals surface area contributed by atoms with Crippen molar-refractivity contribution in [1.29, 1.82) is 0 Å². The fourth-order valence-corrected chi connectivity index (χ4v) is 2.35. The van der Waals surface area contributed by atoms with Crippen LogP contribution in [-0.4, -0.2) is 16.4 Å². The number of aryl methyl sites for hydroxylation is 1. The van der Waals surface area contributed by atoms with Gasteiger partial charge in [-0.25, -0.2) is 0 Å². The van der Waals surface area contributed by atoms with Gasteiger partial charge in [0.05, 0.1) is 0 Å². The molecule has 0 aliphatic heterocycles. The van der Waals surface area contributed by atoms with Crippen molar-refractivity contribution < 1.29 is 4.79 Å². The number of benzene rings is 1. The molecule has 0 atom stereocenters. The molecule has 0 bridgehead atoms. The molecule has 3 heteroatoms. The van der Waals surface area contributed by atoms with Crippen molar-refractivity contribution in [3.63, 3.8) is 0 Å². The van der Waals surface area contributed by atoms with Crippen molar-refractivity contribution in [2.24, 2.45) is 0 Å². The minimum atomic E-state index is -0.300. The monoisotopic (exact) mass is 256 g/mol. The Bertz CT molecular complexity index is 623. The molecule has 100 valence electrons. The normalized spacial score (nSPS) is 11.5. The Morgan fingerprint density at radius 1 is 1.47 bits per heavy atom. The lowest BCUT2D eigenvalue weighted by Gasteiger charge is -2.25. The van der Waals surface area contributed by atoms with Gasteiger partial charge in [-0.2, -0.15) is 0 Å². The van der Waals surface area contributed by atoms with Gasteiger partial charge in [0.2, 0.25) is 5.91 Å². The van der Waals surface area contributed by atoms with E-state index in [1.165, 1.54) is 22.6 Å². The molecule has 2 aromatic rings. The second-order valence-corrected chi connectivity index (χ2v) is 5.62. The standard InChI is InChI=1S/C16H20N2O/c1-5-15(19)18-16(3,4)9-12-10-17-14-8-11(2)6-7-13(12)14/h5-8,10,17H,1,9H2,2-4H3,(H,18,19). The molecule has 1 heterocycles. The van der Waals surface area contributed by atoms with E-state index >= 15 is 0 Å². The van der Waals surface area contributed by atoms with Crippen molar-refractivity contribution in [2.45, 2.75) is 32.7 Å². The molecular formula is C16H20N2O. The summed E-state index contributed by atoms with van der Waals surface area (Å²) in [6.07, 6.45) is 4.10. The van der Waals surface area contributed by atoms with E-state index in [4.69, 9.17) is 0 Å². The molecule has 0 spiro atoms. The Morgan fingerprint density at radius 2 is 2.21 bits per heavy atom. The first-order valence-corrected chi connectivity index (χ1v) is 6.42. The summed E-state index contributed by atoms with van der Waals surface area (Å²) in [6, 6.07) is 6.37. The second-order valence-electron chi connectivity index (χ2n) is 5.62. The number of H-pyrrole nitrogens is 1. The van der Waals surface area contributed by atoms with Crippen LogP contribution in [0, 0.1) is 6.92 Å². The SMILES string of the molecule is C=CC(=O)NC(C)(C)Cc1c[nH]c2cc(C)ccc12. The third-order valence-electron chi connectivity index (χ3n) is 3.20. The van der Waals surface area contributed by atoms with Crippen LogP contribution in [0.2, 0.25) is 0 Å². The van der Waals surface area contributed by atoms with Crippen LogP contribution in [0.4, 0.5) is 0 Å². The van der Waals surface area contributed by atoms with E-state index in [-0.39, 0.29) is 11.4 Å². The van der Waals surface area contributed by atoms with Gasteiger partial charge < -0.3 is 10.3 Å². The first-order chi connectivity index (χ1) is 8.91. The molecule has 2 N–H and O–H groups in total. The molecule has 1 aromatic carbocycles. The summed E-state index contributed by atoms with van der Waals surface area (Å²) in [7, 11) is 0. The topological polar surface area (TPSA) is 44.9 Å². The van der Waals surface area contributed by atoms with Crippen LogP contribution in [-0.2, 0) is 11.2 Å². The van der Waals surface area contributed by atoms with Crippen LogP contribution in [0.3, 0.4) is 0 Å². The number of aromatic nitrogens is 1. The van der Waals surface area contributed by atoms with Crippen molar-refractivity contribution in [3.8, 4) is 0 Å². The predicted molar refractivity (Wildman–Crippen MR) is 79.2 cm³/mol. The Labute approximate surface area is 113 Å². The molecular weight excluding hydrogens is 236 g/mol. The largest absolute Gasteiger partial charge is 0.361 e. The molecule has 0 aliphatic rings. The average molecular weight is 256 g/mol. The van der Waals surface area contributed by atoms with E-state index in [1.807, 2.05) is 20.0 Å².